The predicted molar refractivity (Wildman–Crippen MR) is 98.1 cm³/mol. The van der Waals surface area contributed by atoms with Gasteiger partial charge in [-0.25, -0.2) is 9.67 Å². The number of carbonyl (C=O) groups is 1. The Hall–Kier alpha value is -2.99. The van der Waals surface area contributed by atoms with Crippen LogP contribution in [0, 0.1) is 0 Å². The van der Waals surface area contributed by atoms with Gasteiger partial charge in [-0.2, -0.15) is 5.10 Å². The largest absolute Gasteiger partial charge is 0.364 e. The second-order valence-electron chi connectivity index (χ2n) is 6.07. The number of nitrogens with zero attached hydrogens (tertiary/aromatic N) is 3. The van der Waals surface area contributed by atoms with Crippen LogP contribution in [0.2, 0.25) is 0 Å². The molecule has 1 N–H and O–H groups in total. The average molecular weight is 350 g/mol. The lowest BCUT2D eigenvalue weighted by atomic mass is 10.1. The number of benzene rings is 2. The van der Waals surface area contributed by atoms with Gasteiger partial charge >= 0.3 is 0 Å². The van der Waals surface area contributed by atoms with Crippen LogP contribution in [0.3, 0.4) is 0 Å². The number of hydrogen-bond acceptors (Lipinski definition) is 4. The minimum atomic E-state index is -0.506. The fourth-order valence-corrected chi connectivity index (χ4v) is 2.54. The van der Waals surface area contributed by atoms with E-state index in [1.807, 2.05) is 48.5 Å². The Morgan fingerprint density at radius 2 is 1.88 bits per heavy atom. The minimum Gasteiger partial charge on any atom is -0.364 e. The number of aromatic nitrogens is 3. The van der Waals surface area contributed by atoms with Crippen LogP contribution in [-0.4, -0.2) is 26.8 Å². The first-order chi connectivity index (χ1) is 12.7. The first-order valence-electron chi connectivity index (χ1n) is 8.54. The summed E-state index contributed by atoms with van der Waals surface area (Å²) < 4.78 is 7.40. The van der Waals surface area contributed by atoms with Crippen molar-refractivity contribution >= 4 is 5.91 Å². The smallest absolute Gasteiger partial charge is 0.249 e. The van der Waals surface area contributed by atoms with E-state index in [1.54, 1.807) is 17.9 Å². The van der Waals surface area contributed by atoms with Gasteiger partial charge in [0.1, 0.15) is 18.8 Å². The Morgan fingerprint density at radius 3 is 2.65 bits per heavy atom. The molecule has 3 rings (SSSR count). The van der Waals surface area contributed by atoms with Crippen LogP contribution in [0.4, 0.5) is 0 Å². The summed E-state index contributed by atoms with van der Waals surface area (Å²) in [6, 6.07) is 17.9. The molecule has 26 heavy (non-hydrogen) atoms. The van der Waals surface area contributed by atoms with Gasteiger partial charge in [-0.05, 0) is 23.6 Å². The quantitative estimate of drug-likeness (QED) is 0.678. The standard InChI is InChI=1S/C20H22N4O2/c1-16(26-13-17-6-3-2-4-7-17)20(25)22-11-18-8-5-9-19(10-18)12-24-15-21-14-23-24/h2-10,14-16H,11-13H2,1H3,(H,22,25). The van der Waals surface area contributed by atoms with Gasteiger partial charge in [0.15, 0.2) is 0 Å². The zero-order chi connectivity index (χ0) is 18.2. The predicted octanol–water partition coefficient (Wildman–Crippen LogP) is 2.55. The molecule has 0 aliphatic carbocycles. The number of hydrogen-bond donors (Lipinski definition) is 1. The number of ether oxygens (including phenoxy) is 1. The lowest BCUT2D eigenvalue weighted by Crippen LogP contribution is -2.34. The van der Waals surface area contributed by atoms with E-state index < -0.39 is 6.10 Å². The average Bonchev–Trinajstić information content (AvgIpc) is 3.18. The van der Waals surface area contributed by atoms with Gasteiger partial charge < -0.3 is 10.1 Å². The number of rotatable bonds is 8. The molecule has 1 unspecified atom stereocenters. The first kappa shape index (κ1) is 17.8. The van der Waals surface area contributed by atoms with Crippen molar-refractivity contribution in [2.24, 2.45) is 0 Å². The second kappa shape index (κ2) is 8.92. The van der Waals surface area contributed by atoms with Crippen LogP contribution in [0.1, 0.15) is 23.6 Å². The molecule has 0 aliphatic heterocycles. The highest BCUT2D eigenvalue weighted by molar-refractivity contribution is 5.80. The maximum Gasteiger partial charge on any atom is 0.249 e. The fourth-order valence-electron chi connectivity index (χ4n) is 2.54. The van der Waals surface area contributed by atoms with E-state index in [0.29, 0.717) is 19.7 Å². The van der Waals surface area contributed by atoms with Gasteiger partial charge in [-0.1, -0.05) is 54.6 Å². The van der Waals surface area contributed by atoms with Crippen molar-refractivity contribution in [1.29, 1.82) is 0 Å². The van der Waals surface area contributed by atoms with Gasteiger partial charge in [0.2, 0.25) is 5.91 Å². The van der Waals surface area contributed by atoms with Gasteiger partial charge in [-0.3, -0.25) is 4.79 Å². The molecule has 2 aromatic carbocycles. The van der Waals surface area contributed by atoms with Gasteiger partial charge in [0.25, 0.3) is 0 Å². The van der Waals surface area contributed by atoms with E-state index in [-0.39, 0.29) is 5.91 Å². The van der Waals surface area contributed by atoms with E-state index in [0.717, 1.165) is 16.7 Å². The molecule has 0 spiro atoms. The summed E-state index contributed by atoms with van der Waals surface area (Å²) >= 11 is 0. The molecular weight excluding hydrogens is 328 g/mol. The van der Waals surface area contributed by atoms with Gasteiger partial charge in [0.05, 0.1) is 13.2 Å². The molecule has 0 radical (unpaired) electrons. The van der Waals surface area contributed by atoms with Crippen LogP contribution < -0.4 is 5.32 Å². The zero-order valence-electron chi connectivity index (χ0n) is 14.7. The highest BCUT2D eigenvalue weighted by Crippen LogP contribution is 2.08. The lowest BCUT2D eigenvalue weighted by Gasteiger charge is -2.14. The van der Waals surface area contributed by atoms with E-state index in [4.69, 9.17) is 4.74 Å². The Morgan fingerprint density at radius 1 is 1.12 bits per heavy atom. The van der Waals surface area contributed by atoms with Crippen molar-refractivity contribution in [1.82, 2.24) is 20.1 Å². The highest BCUT2D eigenvalue weighted by atomic mass is 16.5. The summed E-state index contributed by atoms with van der Waals surface area (Å²) in [5.74, 6) is -0.123. The third-order valence-corrected chi connectivity index (χ3v) is 3.98. The van der Waals surface area contributed by atoms with E-state index >= 15 is 0 Å². The Kier molecular flexibility index (Phi) is 6.11. The first-order valence-corrected chi connectivity index (χ1v) is 8.54. The summed E-state index contributed by atoms with van der Waals surface area (Å²) in [5.41, 5.74) is 3.19. The van der Waals surface area contributed by atoms with E-state index in [2.05, 4.69) is 21.5 Å². The molecule has 0 saturated carbocycles. The molecule has 6 heteroatoms. The monoisotopic (exact) mass is 350 g/mol. The molecule has 0 aliphatic rings. The van der Waals surface area contributed by atoms with E-state index in [1.165, 1.54) is 6.33 Å². The molecule has 1 atom stereocenters. The van der Waals surface area contributed by atoms with Crippen LogP contribution in [-0.2, 0) is 29.2 Å². The third kappa shape index (κ3) is 5.26. The molecule has 0 bridgehead atoms. The molecular formula is C20H22N4O2. The molecule has 0 saturated heterocycles. The molecule has 134 valence electrons. The molecule has 1 aromatic heterocycles. The van der Waals surface area contributed by atoms with Crippen molar-refractivity contribution in [2.45, 2.75) is 32.7 Å². The molecule has 0 fully saturated rings. The summed E-state index contributed by atoms with van der Waals surface area (Å²) in [7, 11) is 0. The minimum absolute atomic E-state index is 0.123. The number of carbonyl (C=O) groups excluding carboxylic acids is 1. The normalized spacial score (nSPS) is 11.9. The number of amides is 1. The second-order valence-corrected chi connectivity index (χ2v) is 6.07. The van der Waals surface area contributed by atoms with Crippen molar-refractivity contribution in [3.8, 4) is 0 Å². The maximum atomic E-state index is 12.2. The SMILES string of the molecule is CC(OCc1ccccc1)C(=O)NCc1cccc(Cn2cncn2)c1. The van der Waals surface area contributed by atoms with Gasteiger partial charge in [0, 0.05) is 6.54 Å². The van der Waals surface area contributed by atoms with Crippen LogP contribution in [0.5, 0.6) is 0 Å². The van der Waals surface area contributed by atoms with Crippen LogP contribution >= 0.6 is 0 Å². The van der Waals surface area contributed by atoms with Crippen molar-refractivity contribution in [3.05, 3.63) is 83.9 Å². The van der Waals surface area contributed by atoms with Gasteiger partial charge in [-0.15, -0.1) is 0 Å². The molecule has 1 amide bonds. The zero-order valence-corrected chi connectivity index (χ0v) is 14.7. The molecule has 1 heterocycles. The van der Waals surface area contributed by atoms with Crippen molar-refractivity contribution < 1.29 is 9.53 Å². The van der Waals surface area contributed by atoms with E-state index in [9.17, 15) is 4.79 Å². The Labute approximate surface area is 152 Å². The number of nitrogens with one attached hydrogen (secondary N) is 1. The topological polar surface area (TPSA) is 69.0 Å². The summed E-state index contributed by atoms with van der Waals surface area (Å²) in [6.07, 6.45) is 2.69. The summed E-state index contributed by atoms with van der Waals surface area (Å²) in [4.78, 5) is 16.2. The maximum absolute atomic E-state index is 12.2. The Balaban J connectivity index is 1.47. The highest BCUT2D eigenvalue weighted by Gasteiger charge is 2.13. The Bertz CT molecular complexity index is 819. The van der Waals surface area contributed by atoms with Crippen molar-refractivity contribution in [2.75, 3.05) is 0 Å². The summed E-state index contributed by atoms with van der Waals surface area (Å²) in [6.45, 7) is 3.30. The lowest BCUT2D eigenvalue weighted by molar-refractivity contribution is -0.132. The van der Waals surface area contributed by atoms with Crippen LogP contribution in [0.25, 0.3) is 0 Å². The molecule has 6 nitrogen and oxygen atoms in total. The fraction of sp³-hybridized carbons (Fsp3) is 0.250. The van der Waals surface area contributed by atoms with Crippen molar-refractivity contribution in [3.63, 3.8) is 0 Å². The molecule has 3 aromatic rings. The third-order valence-electron chi connectivity index (χ3n) is 3.98. The van der Waals surface area contributed by atoms with Crippen LogP contribution in [0.15, 0.2) is 67.3 Å². The summed E-state index contributed by atoms with van der Waals surface area (Å²) in [5, 5.41) is 7.03.